The van der Waals surface area contributed by atoms with Crippen molar-refractivity contribution in [1.82, 2.24) is 0 Å². The van der Waals surface area contributed by atoms with Crippen LogP contribution in [0.4, 0.5) is 0 Å². The lowest BCUT2D eigenvalue weighted by Gasteiger charge is -2.05. The van der Waals surface area contributed by atoms with Crippen LogP contribution >= 0.6 is 0 Å². The third kappa shape index (κ3) is 1.44. The predicted octanol–water partition coefficient (Wildman–Crippen LogP) is 2.94. The zero-order valence-corrected chi connectivity index (χ0v) is 8.56. The fourth-order valence-electron chi connectivity index (χ4n) is 2.40. The molecular weight excluding hydrogens is 184 g/mol. The third-order valence-electron chi connectivity index (χ3n) is 3.38. The molecule has 1 heteroatoms. The van der Waals surface area contributed by atoms with E-state index in [2.05, 4.69) is 42.5 Å². The number of benzene rings is 2. The second-order valence-electron chi connectivity index (χ2n) is 4.35. The van der Waals surface area contributed by atoms with Gasteiger partial charge in [-0.2, -0.15) is 0 Å². The van der Waals surface area contributed by atoms with E-state index in [1.165, 1.54) is 16.3 Å². The smallest absolute Gasteiger partial charge is 0.0465 e. The SMILES string of the molecule is OC[C@H]1C[C@@H]1c1cccc2ccccc12. The summed E-state index contributed by atoms with van der Waals surface area (Å²) >= 11 is 0. The number of aliphatic hydroxyl groups excluding tert-OH is 1. The zero-order valence-electron chi connectivity index (χ0n) is 8.56. The fraction of sp³-hybridized carbons (Fsp3) is 0.286. The van der Waals surface area contributed by atoms with E-state index >= 15 is 0 Å². The van der Waals surface area contributed by atoms with E-state index in [1.54, 1.807) is 0 Å². The maximum Gasteiger partial charge on any atom is 0.0465 e. The minimum atomic E-state index is 0.327. The van der Waals surface area contributed by atoms with Crippen LogP contribution in [0.5, 0.6) is 0 Å². The Kier molecular flexibility index (Phi) is 2.00. The van der Waals surface area contributed by atoms with E-state index in [1.807, 2.05) is 0 Å². The number of aliphatic hydroxyl groups is 1. The Hall–Kier alpha value is -1.34. The van der Waals surface area contributed by atoms with Gasteiger partial charge in [-0.25, -0.2) is 0 Å². The maximum atomic E-state index is 9.11. The van der Waals surface area contributed by atoms with Gasteiger partial charge in [0.1, 0.15) is 0 Å². The molecule has 0 radical (unpaired) electrons. The molecule has 2 atom stereocenters. The molecule has 0 aliphatic heterocycles. The lowest BCUT2D eigenvalue weighted by atomic mass is 10.0. The van der Waals surface area contributed by atoms with Crippen LogP contribution in [0.1, 0.15) is 17.9 Å². The summed E-state index contributed by atoms with van der Waals surface area (Å²) in [4.78, 5) is 0. The Morgan fingerprint density at radius 1 is 1.07 bits per heavy atom. The maximum absolute atomic E-state index is 9.11. The van der Waals surface area contributed by atoms with Gasteiger partial charge in [-0.1, -0.05) is 42.5 Å². The first-order valence-corrected chi connectivity index (χ1v) is 5.48. The third-order valence-corrected chi connectivity index (χ3v) is 3.38. The van der Waals surface area contributed by atoms with Gasteiger partial charge in [-0.05, 0) is 34.6 Å². The second-order valence-corrected chi connectivity index (χ2v) is 4.35. The van der Waals surface area contributed by atoms with Crippen LogP contribution in [-0.4, -0.2) is 11.7 Å². The predicted molar refractivity (Wildman–Crippen MR) is 61.9 cm³/mol. The molecule has 1 fully saturated rings. The first kappa shape index (κ1) is 8.93. The van der Waals surface area contributed by atoms with E-state index < -0.39 is 0 Å². The molecule has 1 N–H and O–H groups in total. The van der Waals surface area contributed by atoms with Crippen LogP contribution in [0.3, 0.4) is 0 Å². The summed E-state index contributed by atoms with van der Waals surface area (Å²) in [5.74, 6) is 1.08. The average molecular weight is 198 g/mol. The zero-order chi connectivity index (χ0) is 10.3. The molecule has 2 aromatic carbocycles. The quantitative estimate of drug-likeness (QED) is 0.786. The molecule has 1 aliphatic rings. The molecule has 15 heavy (non-hydrogen) atoms. The van der Waals surface area contributed by atoms with Gasteiger partial charge in [0, 0.05) is 6.61 Å². The molecule has 0 amide bonds. The standard InChI is InChI=1S/C14H14O/c15-9-11-8-14(11)13-7-3-5-10-4-1-2-6-12(10)13/h1-7,11,14-15H,8-9H2/t11-,14+/m1/s1. The monoisotopic (exact) mass is 198 g/mol. The lowest BCUT2D eigenvalue weighted by Crippen LogP contribution is -1.89. The summed E-state index contributed by atoms with van der Waals surface area (Å²) in [7, 11) is 0. The summed E-state index contributed by atoms with van der Waals surface area (Å²) < 4.78 is 0. The topological polar surface area (TPSA) is 20.2 Å². The van der Waals surface area contributed by atoms with Crippen LogP contribution in [0.25, 0.3) is 10.8 Å². The summed E-state index contributed by atoms with van der Waals surface area (Å²) in [6, 6.07) is 14.9. The normalized spacial score (nSPS) is 24.3. The van der Waals surface area contributed by atoms with Gasteiger partial charge in [-0.3, -0.25) is 0 Å². The molecule has 1 aliphatic carbocycles. The highest BCUT2D eigenvalue weighted by Crippen LogP contribution is 2.48. The fourth-order valence-corrected chi connectivity index (χ4v) is 2.40. The van der Waals surface area contributed by atoms with Crippen molar-refractivity contribution >= 4 is 10.8 Å². The van der Waals surface area contributed by atoms with Crippen LogP contribution < -0.4 is 0 Å². The molecule has 0 heterocycles. The molecule has 3 rings (SSSR count). The lowest BCUT2D eigenvalue weighted by molar-refractivity contribution is 0.274. The van der Waals surface area contributed by atoms with Gasteiger partial charge in [0.15, 0.2) is 0 Å². The number of hydrogen-bond donors (Lipinski definition) is 1. The highest BCUT2D eigenvalue weighted by Gasteiger charge is 2.38. The van der Waals surface area contributed by atoms with Crippen molar-refractivity contribution in [2.24, 2.45) is 5.92 Å². The Bertz CT molecular complexity index is 484. The van der Waals surface area contributed by atoms with Crippen molar-refractivity contribution in [3.8, 4) is 0 Å². The van der Waals surface area contributed by atoms with Crippen molar-refractivity contribution in [3.63, 3.8) is 0 Å². The van der Waals surface area contributed by atoms with E-state index in [4.69, 9.17) is 5.11 Å². The van der Waals surface area contributed by atoms with E-state index in [0.29, 0.717) is 18.4 Å². The molecule has 2 aromatic rings. The summed E-state index contributed by atoms with van der Waals surface area (Å²) in [5.41, 5.74) is 1.41. The Balaban J connectivity index is 2.11. The van der Waals surface area contributed by atoms with E-state index in [0.717, 1.165) is 6.42 Å². The van der Waals surface area contributed by atoms with Crippen molar-refractivity contribution in [2.45, 2.75) is 12.3 Å². The molecule has 0 bridgehead atoms. The Labute approximate surface area is 89.4 Å². The molecule has 1 saturated carbocycles. The summed E-state index contributed by atoms with van der Waals surface area (Å²) in [6.07, 6.45) is 1.14. The van der Waals surface area contributed by atoms with Gasteiger partial charge < -0.3 is 5.11 Å². The van der Waals surface area contributed by atoms with Crippen LogP contribution in [0, 0.1) is 5.92 Å². The molecule has 0 unspecified atom stereocenters. The first-order chi connectivity index (χ1) is 7.40. The highest BCUT2D eigenvalue weighted by molar-refractivity contribution is 5.86. The number of fused-ring (bicyclic) bond motifs is 1. The molecule has 1 nitrogen and oxygen atoms in total. The Morgan fingerprint density at radius 2 is 1.87 bits per heavy atom. The average Bonchev–Trinajstić information content (AvgIpc) is 3.07. The van der Waals surface area contributed by atoms with Crippen molar-refractivity contribution in [3.05, 3.63) is 48.0 Å². The van der Waals surface area contributed by atoms with Crippen LogP contribution in [0.2, 0.25) is 0 Å². The van der Waals surface area contributed by atoms with Gasteiger partial charge in [-0.15, -0.1) is 0 Å². The largest absolute Gasteiger partial charge is 0.396 e. The molecule has 0 aromatic heterocycles. The summed E-state index contributed by atoms with van der Waals surface area (Å²) in [6.45, 7) is 0.327. The number of hydrogen-bond acceptors (Lipinski definition) is 1. The van der Waals surface area contributed by atoms with Crippen molar-refractivity contribution in [1.29, 1.82) is 0 Å². The first-order valence-electron chi connectivity index (χ1n) is 5.48. The van der Waals surface area contributed by atoms with Crippen molar-refractivity contribution in [2.75, 3.05) is 6.61 Å². The van der Waals surface area contributed by atoms with E-state index in [9.17, 15) is 0 Å². The molecule has 76 valence electrons. The van der Waals surface area contributed by atoms with Gasteiger partial charge in [0.25, 0.3) is 0 Å². The second kappa shape index (κ2) is 3.35. The van der Waals surface area contributed by atoms with E-state index in [-0.39, 0.29) is 0 Å². The van der Waals surface area contributed by atoms with Gasteiger partial charge in [0.2, 0.25) is 0 Å². The van der Waals surface area contributed by atoms with Gasteiger partial charge in [0.05, 0.1) is 0 Å². The van der Waals surface area contributed by atoms with Crippen LogP contribution in [-0.2, 0) is 0 Å². The molecule has 0 saturated heterocycles. The van der Waals surface area contributed by atoms with Crippen molar-refractivity contribution < 1.29 is 5.11 Å². The molecule has 0 spiro atoms. The number of rotatable bonds is 2. The minimum Gasteiger partial charge on any atom is -0.396 e. The highest BCUT2D eigenvalue weighted by atomic mass is 16.3. The van der Waals surface area contributed by atoms with Crippen LogP contribution in [0.15, 0.2) is 42.5 Å². The summed E-state index contributed by atoms with van der Waals surface area (Å²) in [5, 5.41) is 11.8. The Morgan fingerprint density at radius 3 is 2.67 bits per heavy atom. The molecular formula is C14H14O. The van der Waals surface area contributed by atoms with Gasteiger partial charge >= 0.3 is 0 Å². The minimum absolute atomic E-state index is 0.327.